The van der Waals surface area contributed by atoms with Gasteiger partial charge < -0.3 is 24.7 Å². The number of aromatic nitrogens is 2. The lowest BCUT2D eigenvalue weighted by Crippen LogP contribution is -2.29. The summed E-state index contributed by atoms with van der Waals surface area (Å²) in [5.74, 6) is 1.59. The standard InChI is InChI=1S/C37H46N4O4/c1-8-9-20-41-21-17-31(32-22-28(13-14-33(32)45-26(6)7)44-23-27-15-18-38-19-16-27)35(36(41)42)40-37(43)39-34-29(24(2)3)11-10-12-30(34)25(4)5/h10-19,21-22,24-26H,8-9,20,23H2,1-7H3,(H2,39,40,43). The number of para-hydroxylation sites is 1. The second kappa shape index (κ2) is 15.4. The van der Waals surface area contributed by atoms with Crippen molar-refractivity contribution < 1.29 is 14.3 Å². The number of amides is 2. The van der Waals surface area contributed by atoms with Gasteiger partial charge in [-0.1, -0.05) is 59.2 Å². The largest absolute Gasteiger partial charge is 0.490 e. The molecule has 2 N–H and O–H groups in total. The number of nitrogens with one attached hydrogen (secondary N) is 2. The minimum absolute atomic E-state index is 0.112. The highest BCUT2D eigenvalue weighted by Gasteiger charge is 2.21. The van der Waals surface area contributed by atoms with Gasteiger partial charge in [-0.25, -0.2) is 4.79 Å². The molecule has 0 atom stereocenters. The van der Waals surface area contributed by atoms with E-state index in [0.717, 1.165) is 35.2 Å². The number of urea groups is 1. The number of pyridine rings is 2. The van der Waals surface area contributed by atoms with Crippen LogP contribution in [-0.4, -0.2) is 21.7 Å². The molecule has 0 bridgehead atoms. The molecule has 4 rings (SSSR count). The summed E-state index contributed by atoms with van der Waals surface area (Å²) in [7, 11) is 0. The topological polar surface area (TPSA) is 94.5 Å². The van der Waals surface area contributed by atoms with Crippen molar-refractivity contribution in [2.75, 3.05) is 10.6 Å². The number of anilines is 2. The van der Waals surface area contributed by atoms with Crippen molar-refractivity contribution in [2.45, 2.75) is 92.4 Å². The third kappa shape index (κ3) is 8.53. The third-order valence-corrected chi connectivity index (χ3v) is 7.53. The van der Waals surface area contributed by atoms with E-state index >= 15 is 0 Å². The first kappa shape index (κ1) is 33.3. The zero-order chi connectivity index (χ0) is 32.5. The summed E-state index contributed by atoms with van der Waals surface area (Å²) < 4.78 is 14.0. The van der Waals surface area contributed by atoms with Crippen LogP contribution < -0.4 is 25.7 Å². The normalized spacial score (nSPS) is 11.2. The van der Waals surface area contributed by atoms with E-state index in [2.05, 4.69) is 50.2 Å². The van der Waals surface area contributed by atoms with Crippen molar-refractivity contribution in [2.24, 2.45) is 0 Å². The Labute approximate surface area is 266 Å². The van der Waals surface area contributed by atoms with Crippen molar-refractivity contribution >= 4 is 17.4 Å². The molecule has 0 aliphatic rings. The number of hydrogen-bond acceptors (Lipinski definition) is 5. The average Bonchev–Trinajstić information content (AvgIpc) is 3.01. The van der Waals surface area contributed by atoms with E-state index in [-0.39, 0.29) is 29.2 Å². The molecule has 0 fully saturated rings. The summed E-state index contributed by atoms with van der Waals surface area (Å²) in [6.07, 6.45) is 6.90. The van der Waals surface area contributed by atoms with E-state index < -0.39 is 6.03 Å². The Morgan fingerprint density at radius 3 is 2.16 bits per heavy atom. The molecule has 8 nitrogen and oxygen atoms in total. The lowest BCUT2D eigenvalue weighted by molar-refractivity contribution is 0.242. The monoisotopic (exact) mass is 610 g/mol. The van der Waals surface area contributed by atoms with E-state index in [0.29, 0.717) is 35.8 Å². The summed E-state index contributed by atoms with van der Waals surface area (Å²) in [4.78, 5) is 31.8. The van der Waals surface area contributed by atoms with E-state index in [1.54, 1.807) is 23.2 Å². The highest BCUT2D eigenvalue weighted by molar-refractivity contribution is 6.03. The first-order valence-corrected chi connectivity index (χ1v) is 15.9. The van der Waals surface area contributed by atoms with Gasteiger partial charge in [0.2, 0.25) is 0 Å². The van der Waals surface area contributed by atoms with Crippen LogP contribution in [0, 0.1) is 0 Å². The Morgan fingerprint density at radius 2 is 1.53 bits per heavy atom. The minimum Gasteiger partial charge on any atom is -0.490 e. The van der Waals surface area contributed by atoms with Crippen molar-refractivity contribution in [3.05, 3.63) is 100 Å². The molecule has 0 aliphatic heterocycles. The van der Waals surface area contributed by atoms with Crippen molar-refractivity contribution in [1.82, 2.24) is 9.55 Å². The number of nitrogens with zero attached hydrogens (tertiary/aromatic N) is 2. The molecule has 2 aromatic heterocycles. The average molecular weight is 611 g/mol. The number of unbranched alkanes of at least 4 members (excludes halogenated alkanes) is 1. The Morgan fingerprint density at radius 1 is 0.867 bits per heavy atom. The van der Waals surface area contributed by atoms with Gasteiger partial charge in [0.15, 0.2) is 0 Å². The number of carbonyl (C=O) groups excluding carboxylic acids is 1. The van der Waals surface area contributed by atoms with Crippen LogP contribution in [0.4, 0.5) is 16.2 Å². The van der Waals surface area contributed by atoms with E-state index in [9.17, 15) is 9.59 Å². The minimum atomic E-state index is -0.479. The maximum absolute atomic E-state index is 14.0. The molecule has 0 radical (unpaired) electrons. The molecule has 2 amide bonds. The molecule has 2 heterocycles. The number of aryl methyl sites for hydroxylation is 1. The Balaban J connectivity index is 1.78. The van der Waals surface area contributed by atoms with E-state index in [4.69, 9.17) is 9.47 Å². The van der Waals surface area contributed by atoms with Gasteiger partial charge in [0.1, 0.15) is 23.8 Å². The first-order chi connectivity index (χ1) is 21.6. The van der Waals surface area contributed by atoms with Crippen LogP contribution in [0.25, 0.3) is 11.1 Å². The molecule has 2 aromatic carbocycles. The quantitative estimate of drug-likeness (QED) is 0.158. The first-order valence-electron chi connectivity index (χ1n) is 15.9. The Hall–Kier alpha value is -4.59. The Bertz CT molecular complexity index is 1620. The van der Waals surface area contributed by atoms with Gasteiger partial charge in [-0.05, 0) is 85.2 Å². The maximum atomic E-state index is 14.0. The lowest BCUT2D eigenvalue weighted by Gasteiger charge is -2.22. The van der Waals surface area contributed by atoms with Crippen LogP contribution in [-0.2, 0) is 13.2 Å². The molecular formula is C37H46N4O4. The molecular weight excluding hydrogens is 564 g/mol. The van der Waals surface area contributed by atoms with Gasteiger partial charge in [0.25, 0.3) is 5.56 Å². The van der Waals surface area contributed by atoms with Gasteiger partial charge in [0, 0.05) is 41.9 Å². The third-order valence-electron chi connectivity index (χ3n) is 7.53. The summed E-state index contributed by atoms with van der Waals surface area (Å²) in [6, 6.07) is 16.8. The zero-order valence-corrected chi connectivity index (χ0v) is 27.5. The van der Waals surface area contributed by atoms with E-state index in [1.807, 2.05) is 68.4 Å². The van der Waals surface area contributed by atoms with Gasteiger partial charge in [-0.15, -0.1) is 0 Å². The summed E-state index contributed by atoms with van der Waals surface area (Å²) >= 11 is 0. The van der Waals surface area contributed by atoms with Crippen LogP contribution in [0.3, 0.4) is 0 Å². The molecule has 0 spiro atoms. The highest BCUT2D eigenvalue weighted by Crippen LogP contribution is 2.38. The lowest BCUT2D eigenvalue weighted by atomic mass is 9.93. The van der Waals surface area contributed by atoms with Crippen LogP contribution in [0.5, 0.6) is 11.5 Å². The number of rotatable bonds is 13. The van der Waals surface area contributed by atoms with Gasteiger partial charge in [-0.2, -0.15) is 0 Å². The molecule has 45 heavy (non-hydrogen) atoms. The molecule has 0 saturated carbocycles. The van der Waals surface area contributed by atoms with Crippen molar-refractivity contribution in [3.63, 3.8) is 0 Å². The second-order valence-corrected chi connectivity index (χ2v) is 12.1. The van der Waals surface area contributed by atoms with Crippen LogP contribution in [0.2, 0.25) is 0 Å². The van der Waals surface area contributed by atoms with Crippen LogP contribution >= 0.6 is 0 Å². The van der Waals surface area contributed by atoms with Gasteiger partial charge in [0.05, 0.1) is 6.10 Å². The fourth-order valence-electron chi connectivity index (χ4n) is 5.19. The molecule has 4 aromatic rings. The van der Waals surface area contributed by atoms with Crippen LogP contribution in [0.15, 0.2) is 78.0 Å². The van der Waals surface area contributed by atoms with Crippen LogP contribution in [0.1, 0.15) is 89.8 Å². The molecule has 0 aliphatic carbocycles. The summed E-state index contributed by atoms with van der Waals surface area (Å²) in [5, 5.41) is 6.04. The number of ether oxygens (including phenoxy) is 2. The number of carbonyl (C=O) groups is 1. The molecule has 238 valence electrons. The SMILES string of the molecule is CCCCn1ccc(-c2cc(OCc3ccncc3)ccc2OC(C)C)c(NC(=O)Nc2c(C(C)C)cccc2C(C)C)c1=O. The predicted octanol–water partition coefficient (Wildman–Crippen LogP) is 8.97. The zero-order valence-electron chi connectivity index (χ0n) is 27.5. The Kier molecular flexibility index (Phi) is 11.4. The molecule has 0 unspecified atom stereocenters. The van der Waals surface area contributed by atoms with Crippen molar-refractivity contribution in [1.29, 1.82) is 0 Å². The molecule has 0 saturated heterocycles. The smallest absolute Gasteiger partial charge is 0.323 e. The fourth-order valence-corrected chi connectivity index (χ4v) is 5.19. The van der Waals surface area contributed by atoms with Gasteiger partial charge >= 0.3 is 6.03 Å². The predicted molar refractivity (Wildman–Crippen MR) is 183 cm³/mol. The summed E-state index contributed by atoms with van der Waals surface area (Å²) in [6.45, 7) is 15.3. The second-order valence-electron chi connectivity index (χ2n) is 12.1. The molecule has 8 heteroatoms. The van der Waals surface area contributed by atoms with Gasteiger partial charge in [-0.3, -0.25) is 9.78 Å². The highest BCUT2D eigenvalue weighted by atomic mass is 16.5. The van der Waals surface area contributed by atoms with E-state index in [1.165, 1.54) is 0 Å². The van der Waals surface area contributed by atoms with Crippen molar-refractivity contribution in [3.8, 4) is 22.6 Å². The maximum Gasteiger partial charge on any atom is 0.323 e. The summed E-state index contributed by atoms with van der Waals surface area (Å²) in [5.41, 5.74) is 4.93. The fraction of sp³-hybridized carbons (Fsp3) is 0.378. The number of hydrogen-bond donors (Lipinski definition) is 2. The number of benzene rings is 2.